The Bertz CT molecular complexity index is 831. The van der Waals surface area contributed by atoms with Crippen molar-refractivity contribution in [3.8, 4) is 5.75 Å². The van der Waals surface area contributed by atoms with Gasteiger partial charge < -0.3 is 4.74 Å². The summed E-state index contributed by atoms with van der Waals surface area (Å²) >= 11 is 0. The predicted molar refractivity (Wildman–Crippen MR) is 136 cm³/mol. The van der Waals surface area contributed by atoms with E-state index in [4.69, 9.17) is 4.74 Å². The first kappa shape index (κ1) is 24.3. The van der Waals surface area contributed by atoms with Crippen LogP contribution in [0.5, 0.6) is 5.75 Å². The normalized spacial score (nSPS) is 26.6. The summed E-state index contributed by atoms with van der Waals surface area (Å²) in [5.74, 6) is 4.14. The minimum absolute atomic E-state index is 0.203. The SMILES string of the molecule is CCOc1ccc(C2CCC(CCC3CCC(C[C@H](C)c4ccccc4)CC3)CC2)cc1F. The van der Waals surface area contributed by atoms with E-state index < -0.39 is 0 Å². The quantitative estimate of drug-likeness (QED) is 0.370. The van der Waals surface area contributed by atoms with Crippen molar-refractivity contribution in [2.45, 2.75) is 96.3 Å². The molecule has 33 heavy (non-hydrogen) atoms. The Kier molecular flexibility index (Phi) is 8.87. The van der Waals surface area contributed by atoms with Gasteiger partial charge in [0.15, 0.2) is 11.6 Å². The average molecular weight is 451 g/mol. The lowest BCUT2D eigenvalue weighted by Gasteiger charge is -2.33. The van der Waals surface area contributed by atoms with Gasteiger partial charge in [-0.1, -0.05) is 81.8 Å². The van der Waals surface area contributed by atoms with E-state index >= 15 is 0 Å². The fourth-order valence-electron chi connectivity index (χ4n) is 6.47. The molecule has 0 heterocycles. The van der Waals surface area contributed by atoms with Crippen molar-refractivity contribution in [1.82, 2.24) is 0 Å². The van der Waals surface area contributed by atoms with Gasteiger partial charge in [0, 0.05) is 0 Å². The van der Waals surface area contributed by atoms with Crippen molar-refractivity contribution < 1.29 is 9.13 Å². The van der Waals surface area contributed by atoms with Gasteiger partial charge in [0.1, 0.15) is 0 Å². The van der Waals surface area contributed by atoms with Crippen molar-refractivity contribution in [2.75, 3.05) is 6.61 Å². The van der Waals surface area contributed by atoms with Crippen LogP contribution >= 0.6 is 0 Å². The first-order valence-corrected chi connectivity index (χ1v) is 13.6. The van der Waals surface area contributed by atoms with E-state index in [1.54, 1.807) is 6.07 Å². The predicted octanol–water partition coefficient (Wildman–Crippen LogP) is 9.28. The van der Waals surface area contributed by atoms with Gasteiger partial charge in [-0.25, -0.2) is 4.39 Å². The maximum absolute atomic E-state index is 14.3. The number of halogens is 1. The monoisotopic (exact) mass is 450 g/mol. The molecule has 2 heteroatoms. The number of ether oxygens (including phenoxy) is 1. The minimum atomic E-state index is -0.203. The number of rotatable bonds is 9. The molecular formula is C31H43FO. The summed E-state index contributed by atoms with van der Waals surface area (Å²) in [6.07, 6.45) is 15.0. The van der Waals surface area contributed by atoms with E-state index in [2.05, 4.69) is 43.3 Å². The zero-order chi connectivity index (χ0) is 23.0. The molecule has 0 N–H and O–H groups in total. The molecule has 0 saturated heterocycles. The van der Waals surface area contributed by atoms with Crippen LogP contribution in [0.1, 0.15) is 107 Å². The van der Waals surface area contributed by atoms with Crippen LogP contribution in [0.15, 0.2) is 48.5 Å². The number of hydrogen-bond donors (Lipinski definition) is 0. The summed E-state index contributed by atoms with van der Waals surface area (Å²) in [7, 11) is 0. The largest absolute Gasteiger partial charge is 0.491 e. The molecule has 0 aliphatic heterocycles. The van der Waals surface area contributed by atoms with Crippen molar-refractivity contribution in [3.05, 3.63) is 65.5 Å². The molecule has 0 amide bonds. The van der Waals surface area contributed by atoms with Crippen molar-refractivity contribution >= 4 is 0 Å². The molecule has 180 valence electrons. The summed E-state index contributed by atoms with van der Waals surface area (Å²) in [6, 6.07) is 16.7. The third kappa shape index (κ3) is 6.84. The smallest absolute Gasteiger partial charge is 0.165 e. The van der Waals surface area contributed by atoms with Crippen LogP contribution in [-0.2, 0) is 0 Å². The van der Waals surface area contributed by atoms with Crippen molar-refractivity contribution in [1.29, 1.82) is 0 Å². The zero-order valence-corrected chi connectivity index (χ0v) is 20.8. The maximum atomic E-state index is 14.3. The summed E-state index contributed by atoms with van der Waals surface area (Å²) < 4.78 is 19.6. The summed E-state index contributed by atoms with van der Waals surface area (Å²) in [4.78, 5) is 0. The molecular weight excluding hydrogens is 407 g/mol. The molecule has 2 fully saturated rings. The molecule has 2 aliphatic rings. The Morgan fingerprint density at radius 1 is 0.818 bits per heavy atom. The maximum Gasteiger partial charge on any atom is 0.165 e. The highest BCUT2D eigenvalue weighted by molar-refractivity contribution is 5.31. The third-order valence-corrected chi connectivity index (χ3v) is 8.58. The fourth-order valence-corrected chi connectivity index (χ4v) is 6.47. The Labute approximate surface area is 201 Å². The highest BCUT2D eigenvalue weighted by Crippen LogP contribution is 2.41. The first-order chi connectivity index (χ1) is 16.1. The molecule has 1 nitrogen and oxygen atoms in total. The fraction of sp³-hybridized carbons (Fsp3) is 0.613. The van der Waals surface area contributed by atoms with Gasteiger partial charge >= 0.3 is 0 Å². The minimum Gasteiger partial charge on any atom is -0.491 e. The molecule has 0 aromatic heterocycles. The van der Waals surface area contributed by atoms with Gasteiger partial charge in [0.25, 0.3) is 0 Å². The lowest BCUT2D eigenvalue weighted by Crippen LogP contribution is -2.18. The van der Waals surface area contributed by atoms with Gasteiger partial charge in [0.2, 0.25) is 0 Å². The molecule has 0 radical (unpaired) electrons. The standard InChI is InChI=1S/C31H43FO/c1-3-33-31-20-19-29(22-30(31)32)28-17-15-25(16-18-28)10-9-24-11-13-26(14-12-24)21-23(2)27-7-5-4-6-8-27/h4-8,19-20,22-26,28H,3,9-18,21H2,1-2H3/t23-,24?,25?,26?,28?/m0/s1. The third-order valence-electron chi connectivity index (χ3n) is 8.58. The van der Waals surface area contributed by atoms with Crippen LogP contribution in [0, 0.1) is 23.6 Å². The number of benzene rings is 2. The first-order valence-electron chi connectivity index (χ1n) is 13.6. The zero-order valence-electron chi connectivity index (χ0n) is 20.8. The molecule has 2 saturated carbocycles. The van der Waals surface area contributed by atoms with Crippen LogP contribution in [0.2, 0.25) is 0 Å². The summed E-state index contributed by atoms with van der Waals surface area (Å²) in [5.41, 5.74) is 2.67. The van der Waals surface area contributed by atoms with Crippen LogP contribution in [0.3, 0.4) is 0 Å². The molecule has 0 bridgehead atoms. The molecule has 4 rings (SSSR count). The van der Waals surface area contributed by atoms with E-state index in [0.717, 1.165) is 23.3 Å². The van der Waals surface area contributed by atoms with E-state index in [0.29, 0.717) is 24.2 Å². The van der Waals surface area contributed by atoms with Crippen LogP contribution in [-0.4, -0.2) is 6.61 Å². The second-order valence-corrected chi connectivity index (χ2v) is 10.9. The molecule has 2 aliphatic carbocycles. The Morgan fingerprint density at radius 3 is 2.03 bits per heavy atom. The van der Waals surface area contributed by atoms with E-state index in [-0.39, 0.29) is 5.82 Å². The van der Waals surface area contributed by atoms with Crippen LogP contribution < -0.4 is 4.74 Å². The highest BCUT2D eigenvalue weighted by Gasteiger charge is 2.26. The molecule has 2 aromatic rings. The molecule has 0 unspecified atom stereocenters. The van der Waals surface area contributed by atoms with Gasteiger partial charge in [0.05, 0.1) is 6.61 Å². The number of hydrogen-bond acceptors (Lipinski definition) is 1. The summed E-state index contributed by atoms with van der Waals surface area (Å²) in [6.45, 7) is 4.81. The van der Waals surface area contributed by atoms with Gasteiger partial charge in [-0.15, -0.1) is 0 Å². The second kappa shape index (κ2) is 12.0. The van der Waals surface area contributed by atoms with E-state index in [1.165, 1.54) is 76.2 Å². The highest BCUT2D eigenvalue weighted by atomic mass is 19.1. The topological polar surface area (TPSA) is 9.23 Å². The Hall–Kier alpha value is -1.83. The van der Waals surface area contributed by atoms with Gasteiger partial charge in [-0.05, 0) is 91.9 Å². The molecule has 1 atom stereocenters. The van der Waals surface area contributed by atoms with E-state index in [9.17, 15) is 4.39 Å². The van der Waals surface area contributed by atoms with Gasteiger partial charge in [-0.2, -0.15) is 0 Å². The lowest BCUT2D eigenvalue weighted by atomic mass is 9.73. The molecule has 2 aromatic carbocycles. The van der Waals surface area contributed by atoms with Gasteiger partial charge in [-0.3, -0.25) is 0 Å². The van der Waals surface area contributed by atoms with Crippen molar-refractivity contribution in [2.24, 2.45) is 17.8 Å². The average Bonchev–Trinajstić information content (AvgIpc) is 2.86. The summed E-state index contributed by atoms with van der Waals surface area (Å²) in [5, 5.41) is 0. The van der Waals surface area contributed by atoms with Crippen LogP contribution in [0.4, 0.5) is 4.39 Å². The lowest BCUT2D eigenvalue weighted by molar-refractivity contribution is 0.220. The Balaban J connectivity index is 1.14. The van der Waals surface area contributed by atoms with E-state index in [1.807, 2.05) is 13.0 Å². The molecule has 0 spiro atoms. The Morgan fingerprint density at radius 2 is 1.42 bits per heavy atom. The van der Waals surface area contributed by atoms with Crippen molar-refractivity contribution in [3.63, 3.8) is 0 Å². The second-order valence-electron chi connectivity index (χ2n) is 10.9. The van der Waals surface area contributed by atoms with Crippen LogP contribution in [0.25, 0.3) is 0 Å².